The van der Waals surface area contributed by atoms with E-state index in [4.69, 9.17) is 13.3 Å². The van der Waals surface area contributed by atoms with Crippen LogP contribution >= 0.6 is 0 Å². The SMILES string of the molecule is c1ccc(-c2ccc(-n3c4ccccc4c4cc(-c5ccc6c(c5)c5ccccc5n6-c5ccc6c(c5)oc5ccccc56)ccc43)cc2)cc1.c1ccc(-c2cccc(-n3c4ccccc4c4cc(-c5ccc6c(c5)c5ccccc5n6-c5ccc6c(c5)oc5ccccc56)ccc43)c2)cc1.c1ccc(-n2c3ccccc3c3cc(-c4ccc5c(c4)c4ccccc4n5-c4ccc5c(c4)oc4ccccc45)ccc32)cc1. The molecule has 0 unspecified atom stereocenters. The van der Waals surface area contributed by atoms with Crippen LogP contribution in [-0.2, 0) is 0 Å². The van der Waals surface area contributed by atoms with Crippen LogP contribution in [0.15, 0.2) is 535 Å². The lowest BCUT2D eigenvalue weighted by Crippen LogP contribution is -1.94. The molecular weight excluding hydrogens is 1790 g/mol. The Kier molecular flexibility index (Phi) is 18.9. The van der Waals surface area contributed by atoms with Gasteiger partial charge in [0.2, 0.25) is 0 Å². The summed E-state index contributed by atoms with van der Waals surface area (Å²) in [5.74, 6) is 0. The largest absolute Gasteiger partial charge is 0.456 e. The van der Waals surface area contributed by atoms with Crippen molar-refractivity contribution >= 4 is 197 Å². The summed E-state index contributed by atoms with van der Waals surface area (Å²) in [5, 5.41) is 21.8. The maximum Gasteiger partial charge on any atom is 0.137 e. The van der Waals surface area contributed by atoms with Crippen LogP contribution in [0.5, 0.6) is 0 Å². The van der Waals surface area contributed by atoms with Crippen LogP contribution in [0, 0.1) is 0 Å². The van der Waals surface area contributed by atoms with Gasteiger partial charge in [-0.2, -0.15) is 0 Å². The van der Waals surface area contributed by atoms with E-state index >= 15 is 0 Å². The molecule has 147 heavy (non-hydrogen) atoms. The third kappa shape index (κ3) is 13.5. The monoisotopic (exact) mass is 1870 g/mol. The van der Waals surface area contributed by atoms with Gasteiger partial charge >= 0.3 is 0 Å². The van der Waals surface area contributed by atoms with Gasteiger partial charge in [0.05, 0.1) is 66.2 Å². The second kappa shape index (κ2) is 33.5. The van der Waals surface area contributed by atoms with Crippen molar-refractivity contribution in [2.45, 2.75) is 0 Å². The van der Waals surface area contributed by atoms with E-state index in [0.29, 0.717) is 0 Å². The summed E-state index contributed by atoms with van der Waals surface area (Å²) in [6.45, 7) is 0. The number of para-hydroxylation sites is 10. The first-order valence-electron chi connectivity index (χ1n) is 50.2. The highest BCUT2D eigenvalue weighted by molar-refractivity contribution is 6.19. The molecule has 9 heteroatoms. The average Bonchev–Trinajstić information content (AvgIpc) is 1.61. The van der Waals surface area contributed by atoms with Crippen molar-refractivity contribution in [2.75, 3.05) is 0 Å². The van der Waals surface area contributed by atoms with E-state index in [-0.39, 0.29) is 0 Å². The molecule has 9 nitrogen and oxygen atoms in total. The average molecular weight is 1880 g/mol. The third-order valence-electron chi connectivity index (χ3n) is 30.4. The fraction of sp³-hybridized carbons (Fsp3) is 0. The third-order valence-corrected chi connectivity index (χ3v) is 30.4. The Labute approximate surface area is 842 Å². The number of furan rings is 3. The van der Waals surface area contributed by atoms with Crippen LogP contribution in [0.1, 0.15) is 0 Å². The molecule has 0 aliphatic heterocycles. The van der Waals surface area contributed by atoms with Crippen molar-refractivity contribution in [1.29, 1.82) is 0 Å². The van der Waals surface area contributed by atoms with E-state index in [9.17, 15) is 0 Å². The lowest BCUT2D eigenvalue weighted by atomic mass is 10.0. The van der Waals surface area contributed by atoms with Crippen LogP contribution in [0.25, 0.3) is 286 Å². The van der Waals surface area contributed by atoms with Crippen LogP contribution in [0.3, 0.4) is 0 Å². The number of fused-ring (bicyclic) bond motifs is 27. The molecule has 0 aliphatic carbocycles. The van der Waals surface area contributed by atoms with E-state index in [2.05, 4.69) is 513 Å². The molecule has 32 rings (SSSR count). The van der Waals surface area contributed by atoms with Crippen molar-refractivity contribution in [3.63, 3.8) is 0 Å². The maximum absolute atomic E-state index is 6.30. The normalized spacial score (nSPS) is 11.9. The van der Waals surface area contributed by atoms with Crippen LogP contribution in [-0.4, -0.2) is 27.4 Å². The van der Waals surface area contributed by atoms with Crippen LogP contribution in [0.4, 0.5) is 0 Å². The summed E-state index contributed by atoms with van der Waals surface area (Å²) in [6, 6.07) is 188. The van der Waals surface area contributed by atoms with Gasteiger partial charge in [0.25, 0.3) is 0 Å². The number of nitrogens with zero attached hydrogens (tertiary/aromatic N) is 6. The standard InChI is InChI=1S/2C48H30N2O.C42H26N2O/c1-2-11-31(12-3-1)32-13-10-14-35(27-32)49-43-18-7-4-15-37(43)41-28-33(21-25-45(41)49)34-22-26-46-42(29-34)38-16-5-8-19-44(38)50(46)36-23-24-40-39-17-6-9-20-47(39)51-48(40)30-36;1-2-10-31(11-3-1)32-18-22-35(23-19-32)49-43-15-7-4-12-37(43)41-28-33(20-26-45(41)49)34-21-27-46-42(29-34)38-13-5-8-16-44(38)50(46)36-24-25-40-39-14-6-9-17-47(39)51-48(40)30-36;1-2-10-29(11-3-1)43-37-15-7-4-12-31(37)35-24-27(18-22-39(35)43)28-19-23-40-36(25-28)32-13-5-8-16-38(32)44(40)30-20-21-34-33-14-6-9-17-41(33)45-42(34)26-30/h2*1-30H;1-26H. The Morgan fingerprint density at radius 1 is 0.0952 bits per heavy atom. The van der Waals surface area contributed by atoms with Gasteiger partial charge in [-0.05, 0) is 256 Å². The zero-order valence-electron chi connectivity index (χ0n) is 79.6. The number of aromatic nitrogens is 6. The number of hydrogen-bond donors (Lipinski definition) is 0. The Bertz CT molecular complexity index is 11000. The first-order valence-corrected chi connectivity index (χ1v) is 50.2. The maximum atomic E-state index is 6.30. The van der Waals surface area contributed by atoms with Gasteiger partial charge in [-0.25, -0.2) is 0 Å². The summed E-state index contributed by atoms with van der Waals surface area (Å²) >= 11 is 0. The summed E-state index contributed by atoms with van der Waals surface area (Å²) in [6.07, 6.45) is 0. The number of rotatable bonds is 11. The molecule has 0 radical (unpaired) electrons. The minimum Gasteiger partial charge on any atom is -0.456 e. The van der Waals surface area contributed by atoms with Crippen LogP contribution in [0.2, 0.25) is 0 Å². The molecule has 0 saturated carbocycles. The minimum absolute atomic E-state index is 0.899. The first-order chi connectivity index (χ1) is 72.9. The van der Waals surface area contributed by atoms with Crippen molar-refractivity contribution in [3.05, 3.63) is 522 Å². The molecule has 0 bridgehead atoms. The molecule has 23 aromatic carbocycles. The highest BCUT2D eigenvalue weighted by Gasteiger charge is 2.25. The highest BCUT2D eigenvalue weighted by atomic mass is 16.3. The summed E-state index contributed by atoms with van der Waals surface area (Å²) in [4.78, 5) is 0. The molecule has 0 saturated heterocycles. The predicted octanol–water partition coefficient (Wildman–Crippen LogP) is 37.7. The van der Waals surface area contributed by atoms with Gasteiger partial charge < -0.3 is 40.7 Å². The van der Waals surface area contributed by atoms with Crippen molar-refractivity contribution in [1.82, 2.24) is 27.4 Å². The summed E-state index contributed by atoms with van der Waals surface area (Å²) in [5.41, 5.74) is 38.6. The van der Waals surface area contributed by atoms with E-state index in [1.165, 1.54) is 192 Å². The number of hydrogen-bond acceptors (Lipinski definition) is 3. The Hall–Kier alpha value is -19.7. The lowest BCUT2D eigenvalue weighted by Gasteiger charge is -2.11. The molecule has 0 aliphatic rings. The van der Waals surface area contributed by atoms with Gasteiger partial charge in [-0.1, -0.05) is 303 Å². The molecule has 0 amide bonds. The fourth-order valence-electron chi connectivity index (χ4n) is 23.6. The molecular formula is C138H86N6O3. The van der Waals surface area contributed by atoms with Crippen molar-refractivity contribution < 1.29 is 13.3 Å². The van der Waals surface area contributed by atoms with E-state index in [1.807, 2.05) is 36.4 Å². The molecule has 32 aromatic rings. The molecule has 0 atom stereocenters. The van der Waals surface area contributed by atoms with E-state index < -0.39 is 0 Å². The summed E-state index contributed by atoms with van der Waals surface area (Å²) < 4.78 is 33.1. The molecule has 9 aromatic heterocycles. The Morgan fingerprint density at radius 3 is 0.578 bits per heavy atom. The smallest absolute Gasteiger partial charge is 0.137 e. The van der Waals surface area contributed by atoms with Gasteiger partial charge in [0, 0.05) is 149 Å². The zero-order valence-corrected chi connectivity index (χ0v) is 79.6. The van der Waals surface area contributed by atoms with Crippen molar-refractivity contribution in [3.8, 4) is 89.8 Å². The van der Waals surface area contributed by atoms with Gasteiger partial charge in [-0.3, -0.25) is 0 Å². The topological polar surface area (TPSA) is 69.0 Å². The Balaban J connectivity index is 0.000000102. The fourth-order valence-corrected chi connectivity index (χ4v) is 23.6. The first kappa shape index (κ1) is 83.1. The molecule has 686 valence electrons. The lowest BCUT2D eigenvalue weighted by molar-refractivity contribution is 0.668. The molecule has 0 spiro atoms. The van der Waals surface area contributed by atoms with Gasteiger partial charge in [0.1, 0.15) is 33.5 Å². The zero-order chi connectivity index (χ0) is 96.4. The predicted molar refractivity (Wildman–Crippen MR) is 614 cm³/mol. The second-order valence-electron chi connectivity index (χ2n) is 38.5. The quantitative estimate of drug-likeness (QED) is 0.130. The minimum atomic E-state index is 0.899. The Morgan fingerprint density at radius 2 is 0.279 bits per heavy atom. The highest BCUT2D eigenvalue weighted by Crippen LogP contribution is 2.47. The molecule has 0 N–H and O–H groups in total. The summed E-state index contributed by atoms with van der Waals surface area (Å²) in [7, 11) is 0. The molecule has 0 fully saturated rings. The molecule has 9 heterocycles. The number of benzene rings is 23. The van der Waals surface area contributed by atoms with Gasteiger partial charge in [0.15, 0.2) is 0 Å². The van der Waals surface area contributed by atoms with Gasteiger partial charge in [-0.15, -0.1) is 0 Å². The van der Waals surface area contributed by atoms with E-state index in [0.717, 1.165) is 94.3 Å². The van der Waals surface area contributed by atoms with Crippen molar-refractivity contribution in [2.24, 2.45) is 0 Å². The van der Waals surface area contributed by atoms with Crippen LogP contribution < -0.4 is 0 Å². The second-order valence-corrected chi connectivity index (χ2v) is 38.5. The van der Waals surface area contributed by atoms with E-state index in [1.54, 1.807) is 0 Å².